The monoisotopic (exact) mass is 359 g/mol. The predicted octanol–water partition coefficient (Wildman–Crippen LogP) is 2.33. The summed E-state index contributed by atoms with van der Waals surface area (Å²) in [5.41, 5.74) is 1.12. The standard InChI is InChI=1S/C20H22FNO4/c21-18-6-2-3-15(10-18)11-20(14-23)13-22(7-8-26-20)12-16-4-1-5-17(9-16)19(24)25/h1-6,9-10,23H,7-8,11-14H2,(H,24,25)/t20-/m0/s1. The maximum absolute atomic E-state index is 13.5. The van der Waals surface area contributed by atoms with E-state index >= 15 is 0 Å². The SMILES string of the molecule is O=C(O)c1cccc(CN2CCO[C@@](CO)(Cc3cccc(F)c3)C2)c1. The van der Waals surface area contributed by atoms with Crippen molar-refractivity contribution in [3.63, 3.8) is 0 Å². The van der Waals surface area contributed by atoms with E-state index in [1.54, 1.807) is 24.3 Å². The Balaban J connectivity index is 1.72. The zero-order valence-corrected chi connectivity index (χ0v) is 14.4. The van der Waals surface area contributed by atoms with Gasteiger partial charge in [0.25, 0.3) is 0 Å². The topological polar surface area (TPSA) is 70.0 Å². The van der Waals surface area contributed by atoms with Gasteiger partial charge in [0.05, 0.1) is 18.8 Å². The molecule has 26 heavy (non-hydrogen) atoms. The van der Waals surface area contributed by atoms with Gasteiger partial charge < -0.3 is 14.9 Å². The van der Waals surface area contributed by atoms with Gasteiger partial charge in [-0.2, -0.15) is 0 Å². The molecule has 1 heterocycles. The summed E-state index contributed by atoms with van der Waals surface area (Å²) in [5.74, 6) is -1.27. The minimum atomic E-state index is -0.954. The van der Waals surface area contributed by atoms with Crippen LogP contribution >= 0.6 is 0 Å². The molecule has 138 valence electrons. The summed E-state index contributed by atoms with van der Waals surface area (Å²) >= 11 is 0. The Hall–Kier alpha value is -2.28. The van der Waals surface area contributed by atoms with Crippen molar-refractivity contribution in [2.24, 2.45) is 0 Å². The second-order valence-corrected chi connectivity index (χ2v) is 6.71. The van der Waals surface area contributed by atoms with Gasteiger partial charge in [-0.25, -0.2) is 9.18 Å². The van der Waals surface area contributed by atoms with E-state index in [1.165, 1.54) is 12.1 Å². The molecule has 0 aliphatic carbocycles. The van der Waals surface area contributed by atoms with Gasteiger partial charge in [-0.15, -0.1) is 0 Å². The highest BCUT2D eigenvalue weighted by Crippen LogP contribution is 2.24. The predicted molar refractivity (Wildman–Crippen MR) is 94.6 cm³/mol. The Morgan fingerprint density at radius 2 is 1.96 bits per heavy atom. The van der Waals surface area contributed by atoms with Gasteiger partial charge in [0.1, 0.15) is 11.4 Å². The fourth-order valence-corrected chi connectivity index (χ4v) is 3.40. The molecule has 0 amide bonds. The molecular formula is C20H22FNO4. The van der Waals surface area contributed by atoms with Crippen LogP contribution in [0.3, 0.4) is 0 Å². The molecule has 0 unspecified atom stereocenters. The van der Waals surface area contributed by atoms with Crippen molar-refractivity contribution in [3.05, 3.63) is 71.0 Å². The van der Waals surface area contributed by atoms with Crippen molar-refractivity contribution in [1.82, 2.24) is 4.90 Å². The van der Waals surface area contributed by atoms with E-state index in [-0.39, 0.29) is 18.0 Å². The normalized spacial score (nSPS) is 20.8. The molecule has 0 spiro atoms. The van der Waals surface area contributed by atoms with Crippen LogP contribution in [0.5, 0.6) is 0 Å². The molecule has 1 aliphatic rings. The zero-order chi connectivity index (χ0) is 18.6. The van der Waals surface area contributed by atoms with Crippen LogP contribution in [0.25, 0.3) is 0 Å². The Bertz CT molecular complexity index is 782. The van der Waals surface area contributed by atoms with Crippen molar-refractivity contribution in [3.8, 4) is 0 Å². The fourth-order valence-electron chi connectivity index (χ4n) is 3.40. The Morgan fingerprint density at radius 1 is 1.19 bits per heavy atom. The second kappa shape index (κ2) is 7.95. The molecule has 1 fully saturated rings. The highest BCUT2D eigenvalue weighted by atomic mass is 19.1. The number of nitrogens with zero attached hydrogens (tertiary/aromatic N) is 1. The molecule has 2 aromatic rings. The Labute approximate surface area is 151 Å². The third-order valence-electron chi connectivity index (χ3n) is 4.61. The van der Waals surface area contributed by atoms with Crippen LogP contribution in [-0.4, -0.2) is 53.0 Å². The van der Waals surface area contributed by atoms with Crippen LogP contribution < -0.4 is 0 Å². The fraction of sp³-hybridized carbons (Fsp3) is 0.350. The number of carboxylic acid groups (broad SMARTS) is 1. The quantitative estimate of drug-likeness (QED) is 0.828. The molecule has 0 aromatic heterocycles. The number of morpholine rings is 1. The molecule has 3 rings (SSSR count). The van der Waals surface area contributed by atoms with Crippen LogP contribution in [0.15, 0.2) is 48.5 Å². The average molecular weight is 359 g/mol. The molecule has 1 aliphatic heterocycles. The number of aliphatic hydroxyl groups excluding tert-OH is 1. The number of hydrogen-bond donors (Lipinski definition) is 2. The van der Waals surface area contributed by atoms with Gasteiger partial charge in [0.15, 0.2) is 0 Å². The number of aliphatic hydroxyl groups is 1. The van der Waals surface area contributed by atoms with Gasteiger partial charge in [-0.05, 0) is 35.4 Å². The van der Waals surface area contributed by atoms with E-state index in [2.05, 4.69) is 4.90 Å². The molecule has 2 N–H and O–H groups in total. The molecule has 0 bridgehead atoms. The average Bonchev–Trinajstić information content (AvgIpc) is 2.62. The number of hydrogen-bond acceptors (Lipinski definition) is 4. The number of carboxylic acids is 1. The lowest BCUT2D eigenvalue weighted by Crippen LogP contribution is -2.55. The first-order valence-corrected chi connectivity index (χ1v) is 8.53. The summed E-state index contributed by atoms with van der Waals surface area (Å²) in [6.07, 6.45) is 0.410. The molecule has 1 atom stereocenters. The summed E-state index contributed by atoms with van der Waals surface area (Å²) < 4.78 is 19.3. The van der Waals surface area contributed by atoms with Crippen LogP contribution in [0.2, 0.25) is 0 Å². The molecule has 6 heteroatoms. The summed E-state index contributed by atoms with van der Waals surface area (Å²) in [4.78, 5) is 13.3. The number of aromatic carboxylic acids is 1. The van der Waals surface area contributed by atoms with E-state index in [4.69, 9.17) is 9.84 Å². The largest absolute Gasteiger partial charge is 0.478 e. The zero-order valence-electron chi connectivity index (χ0n) is 14.4. The molecule has 1 saturated heterocycles. The van der Waals surface area contributed by atoms with Gasteiger partial charge in [-0.1, -0.05) is 24.3 Å². The van der Waals surface area contributed by atoms with Crippen molar-refractivity contribution in [2.45, 2.75) is 18.6 Å². The number of benzene rings is 2. The minimum Gasteiger partial charge on any atom is -0.478 e. The third-order valence-corrected chi connectivity index (χ3v) is 4.61. The van der Waals surface area contributed by atoms with Crippen molar-refractivity contribution in [1.29, 1.82) is 0 Å². The number of ether oxygens (including phenoxy) is 1. The third kappa shape index (κ3) is 4.46. The summed E-state index contributed by atoms with van der Waals surface area (Å²) in [7, 11) is 0. The molecule has 0 saturated carbocycles. The summed E-state index contributed by atoms with van der Waals surface area (Å²) in [5, 5.41) is 19.1. The van der Waals surface area contributed by atoms with Gasteiger partial charge in [0, 0.05) is 26.1 Å². The number of carbonyl (C=O) groups is 1. The molecule has 5 nitrogen and oxygen atoms in total. The highest BCUT2D eigenvalue weighted by molar-refractivity contribution is 5.87. The second-order valence-electron chi connectivity index (χ2n) is 6.71. The Morgan fingerprint density at radius 3 is 2.69 bits per heavy atom. The maximum atomic E-state index is 13.5. The van der Waals surface area contributed by atoms with E-state index < -0.39 is 11.6 Å². The van der Waals surface area contributed by atoms with Crippen LogP contribution in [0, 0.1) is 5.82 Å². The molecule has 0 radical (unpaired) electrons. The first-order chi connectivity index (χ1) is 12.5. The number of rotatable bonds is 6. The first-order valence-electron chi connectivity index (χ1n) is 8.53. The van der Waals surface area contributed by atoms with E-state index in [0.717, 1.165) is 11.1 Å². The van der Waals surface area contributed by atoms with E-state index in [1.807, 2.05) is 12.1 Å². The minimum absolute atomic E-state index is 0.171. The van der Waals surface area contributed by atoms with Gasteiger partial charge >= 0.3 is 5.97 Å². The molecule has 2 aromatic carbocycles. The summed E-state index contributed by atoms with van der Waals surface area (Å²) in [6, 6.07) is 13.1. The van der Waals surface area contributed by atoms with Crippen LogP contribution in [-0.2, 0) is 17.7 Å². The van der Waals surface area contributed by atoms with Gasteiger partial charge in [-0.3, -0.25) is 4.90 Å². The van der Waals surface area contributed by atoms with Crippen LogP contribution in [0.4, 0.5) is 4.39 Å². The summed E-state index contributed by atoms with van der Waals surface area (Å²) in [6.45, 7) is 2.01. The Kier molecular flexibility index (Phi) is 5.66. The first kappa shape index (κ1) is 18.5. The highest BCUT2D eigenvalue weighted by Gasteiger charge is 2.36. The van der Waals surface area contributed by atoms with Crippen molar-refractivity contribution < 1.29 is 24.1 Å². The van der Waals surface area contributed by atoms with Crippen molar-refractivity contribution in [2.75, 3.05) is 26.3 Å². The van der Waals surface area contributed by atoms with Crippen molar-refractivity contribution >= 4 is 5.97 Å². The lowest BCUT2D eigenvalue weighted by atomic mass is 9.93. The van der Waals surface area contributed by atoms with E-state index in [0.29, 0.717) is 32.7 Å². The lowest BCUT2D eigenvalue weighted by Gasteiger charge is -2.42. The van der Waals surface area contributed by atoms with Gasteiger partial charge in [0.2, 0.25) is 0 Å². The lowest BCUT2D eigenvalue weighted by molar-refractivity contribution is -0.134. The maximum Gasteiger partial charge on any atom is 0.335 e. The molecular weight excluding hydrogens is 337 g/mol. The van der Waals surface area contributed by atoms with Crippen LogP contribution in [0.1, 0.15) is 21.5 Å². The number of halogens is 1. The van der Waals surface area contributed by atoms with E-state index in [9.17, 15) is 14.3 Å². The smallest absolute Gasteiger partial charge is 0.335 e.